The van der Waals surface area contributed by atoms with Crippen LogP contribution < -0.4 is 5.32 Å². The van der Waals surface area contributed by atoms with Gasteiger partial charge in [-0.05, 0) is 12.3 Å². The van der Waals surface area contributed by atoms with Gasteiger partial charge in [0.25, 0.3) is 0 Å². The molecule has 0 aliphatic carbocycles. The number of aliphatic hydroxyl groups excluding tert-OH is 1. The lowest BCUT2D eigenvalue weighted by molar-refractivity contribution is 0.0192. The van der Waals surface area contributed by atoms with Crippen LogP contribution in [-0.4, -0.2) is 45.7 Å². The zero-order valence-electron chi connectivity index (χ0n) is 13.6. The Labute approximate surface area is 127 Å². The van der Waals surface area contributed by atoms with E-state index in [-0.39, 0.29) is 0 Å². The van der Waals surface area contributed by atoms with Crippen molar-refractivity contribution in [3.8, 4) is 0 Å². The fourth-order valence-electron chi connectivity index (χ4n) is 2.14. The highest BCUT2D eigenvalue weighted by Crippen LogP contribution is 2.12. The summed E-state index contributed by atoms with van der Waals surface area (Å²) in [6.07, 6.45) is 6.01. The fourth-order valence-corrected chi connectivity index (χ4v) is 2.14. The van der Waals surface area contributed by atoms with Crippen LogP contribution in [0.2, 0.25) is 0 Å². The molecule has 2 unspecified atom stereocenters. The minimum atomic E-state index is -0.489. The number of aromatic nitrogens is 3. The Morgan fingerprint density at radius 2 is 2.19 bits per heavy atom. The average Bonchev–Trinajstić information content (AvgIpc) is 2.88. The highest BCUT2D eigenvalue weighted by Gasteiger charge is 2.09. The molecule has 21 heavy (non-hydrogen) atoms. The molecule has 0 fully saturated rings. The molecule has 0 aromatic carbocycles. The Morgan fingerprint density at radius 3 is 2.81 bits per heavy atom. The first-order chi connectivity index (χ1) is 10.2. The summed E-state index contributed by atoms with van der Waals surface area (Å²) in [7, 11) is 1.84. The third kappa shape index (κ3) is 8.14. The molecule has 0 saturated carbocycles. The standard InChI is InChI=1S/C15H30N4O2/c1-4-6-7-13(5-2)10-21-11-14(20)8-16-9-15-17-12-19(3)18-15/h12-14,16,20H,4-11H2,1-3H3. The second kappa shape index (κ2) is 10.7. The van der Waals surface area contributed by atoms with Crippen LogP contribution in [-0.2, 0) is 18.3 Å². The van der Waals surface area contributed by atoms with E-state index in [2.05, 4.69) is 29.2 Å². The summed E-state index contributed by atoms with van der Waals surface area (Å²) in [4.78, 5) is 4.11. The molecule has 0 amide bonds. The Bertz CT molecular complexity index is 370. The molecule has 0 bridgehead atoms. The van der Waals surface area contributed by atoms with Crippen molar-refractivity contribution in [2.75, 3.05) is 19.8 Å². The van der Waals surface area contributed by atoms with E-state index >= 15 is 0 Å². The lowest BCUT2D eigenvalue weighted by atomic mass is 10.0. The van der Waals surface area contributed by atoms with Crippen LogP contribution in [0.15, 0.2) is 6.33 Å². The van der Waals surface area contributed by atoms with Crippen LogP contribution in [0.4, 0.5) is 0 Å². The first kappa shape index (κ1) is 18.1. The number of hydrogen-bond acceptors (Lipinski definition) is 5. The van der Waals surface area contributed by atoms with Gasteiger partial charge in [0.1, 0.15) is 6.33 Å². The topological polar surface area (TPSA) is 72.2 Å². The molecular formula is C15H30N4O2. The maximum atomic E-state index is 9.86. The summed E-state index contributed by atoms with van der Waals surface area (Å²) in [5, 5.41) is 17.2. The largest absolute Gasteiger partial charge is 0.389 e. The van der Waals surface area contributed by atoms with Gasteiger partial charge in [0, 0.05) is 20.2 Å². The van der Waals surface area contributed by atoms with Crippen LogP contribution in [0, 0.1) is 5.92 Å². The minimum Gasteiger partial charge on any atom is -0.389 e. The molecule has 0 aliphatic rings. The van der Waals surface area contributed by atoms with Gasteiger partial charge in [0.05, 0.1) is 19.3 Å². The van der Waals surface area contributed by atoms with Gasteiger partial charge in [-0.2, -0.15) is 5.10 Å². The Balaban J connectivity index is 2.06. The Kier molecular flexibility index (Phi) is 9.21. The normalized spacial score (nSPS) is 14.3. The van der Waals surface area contributed by atoms with E-state index in [1.807, 2.05) is 7.05 Å². The molecule has 0 spiro atoms. The Morgan fingerprint density at radius 1 is 1.38 bits per heavy atom. The van der Waals surface area contributed by atoms with Crippen LogP contribution in [0.3, 0.4) is 0 Å². The maximum Gasteiger partial charge on any atom is 0.164 e. The third-order valence-corrected chi connectivity index (χ3v) is 3.52. The van der Waals surface area contributed by atoms with Crippen LogP contribution in [0.5, 0.6) is 0 Å². The van der Waals surface area contributed by atoms with E-state index in [1.165, 1.54) is 19.3 Å². The van der Waals surface area contributed by atoms with E-state index < -0.39 is 6.10 Å². The lowest BCUT2D eigenvalue weighted by Gasteiger charge is -2.17. The molecule has 0 saturated heterocycles. The predicted molar refractivity (Wildman–Crippen MR) is 82.8 cm³/mol. The van der Waals surface area contributed by atoms with E-state index in [0.29, 0.717) is 25.6 Å². The number of aryl methyl sites for hydroxylation is 1. The predicted octanol–water partition coefficient (Wildman–Crippen LogP) is 1.50. The molecule has 0 aliphatic heterocycles. The van der Waals surface area contributed by atoms with Crippen molar-refractivity contribution in [1.82, 2.24) is 20.1 Å². The van der Waals surface area contributed by atoms with Gasteiger partial charge in [-0.3, -0.25) is 4.68 Å². The van der Waals surface area contributed by atoms with E-state index in [9.17, 15) is 5.11 Å². The highest BCUT2D eigenvalue weighted by atomic mass is 16.5. The third-order valence-electron chi connectivity index (χ3n) is 3.52. The smallest absolute Gasteiger partial charge is 0.164 e. The van der Waals surface area contributed by atoms with E-state index in [0.717, 1.165) is 18.9 Å². The zero-order valence-corrected chi connectivity index (χ0v) is 13.6. The summed E-state index contributed by atoms with van der Waals surface area (Å²) >= 11 is 0. The molecule has 1 aromatic heterocycles. The van der Waals surface area contributed by atoms with Crippen molar-refractivity contribution in [2.24, 2.45) is 13.0 Å². The van der Waals surface area contributed by atoms with E-state index in [1.54, 1.807) is 11.0 Å². The van der Waals surface area contributed by atoms with Crippen LogP contribution in [0.1, 0.15) is 45.4 Å². The number of aliphatic hydroxyl groups is 1. The SMILES string of the molecule is CCCCC(CC)COCC(O)CNCc1ncn(C)n1. The minimum absolute atomic E-state index is 0.380. The van der Waals surface area contributed by atoms with Crippen LogP contribution in [0.25, 0.3) is 0 Å². The maximum absolute atomic E-state index is 9.86. The lowest BCUT2D eigenvalue weighted by Crippen LogP contribution is -2.31. The number of ether oxygens (including phenoxy) is 1. The average molecular weight is 298 g/mol. The van der Waals surface area contributed by atoms with Gasteiger partial charge < -0.3 is 15.2 Å². The van der Waals surface area contributed by atoms with Crippen molar-refractivity contribution in [3.05, 3.63) is 12.2 Å². The van der Waals surface area contributed by atoms with Crippen LogP contribution >= 0.6 is 0 Å². The van der Waals surface area contributed by atoms with Crippen molar-refractivity contribution in [1.29, 1.82) is 0 Å². The molecule has 0 radical (unpaired) electrons. The van der Waals surface area contributed by atoms with Gasteiger partial charge in [-0.1, -0.05) is 33.1 Å². The molecule has 1 heterocycles. The monoisotopic (exact) mass is 298 g/mol. The number of rotatable bonds is 12. The van der Waals surface area contributed by atoms with Gasteiger partial charge in [0.2, 0.25) is 0 Å². The second-order valence-electron chi connectivity index (χ2n) is 5.57. The van der Waals surface area contributed by atoms with Crippen molar-refractivity contribution in [2.45, 2.75) is 52.2 Å². The number of nitrogens with zero attached hydrogens (tertiary/aromatic N) is 3. The van der Waals surface area contributed by atoms with Gasteiger partial charge in [-0.25, -0.2) is 4.98 Å². The quantitative estimate of drug-likeness (QED) is 0.612. The summed E-state index contributed by atoms with van der Waals surface area (Å²) in [6, 6.07) is 0. The summed E-state index contributed by atoms with van der Waals surface area (Å²) < 4.78 is 7.29. The number of hydrogen-bond donors (Lipinski definition) is 2. The number of nitrogens with one attached hydrogen (secondary N) is 1. The van der Waals surface area contributed by atoms with Gasteiger partial charge in [-0.15, -0.1) is 0 Å². The molecule has 122 valence electrons. The van der Waals surface area contributed by atoms with Crippen molar-refractivity contribution >= 4 is 0 Å². The number of unbranched alkanes of at least 4 members (excludes halogenated alkanes) is 1. The zero-order chi connectivity index (χ0) is 15.5. The molecule has 2 N–H and O–H groups in total. The van der Waals surface area contributed by atoms with E-state index in [4.69, 9.17) is 4.74 Å². The van der Waals surface area contributed by atoms with Gasteiger partial charge >= 0.3 is 0 Å². The molecule has 1 rings (SSSR count). The molecule has 1 aromatic rings. The molecule has 6 heteroatoms. The highest BCUT2D eigenvalue weighted by molar-refractivity contribution is 4.80. The van der Waals surface area contributed by atoms with Crippen molar-refractivity contribution in [3.63, 3.8) is 0 Å². The molecular weight excluding hydrogens is 268 g/mol. The summed E-state index contributed by atoms with van der Waals surface area (Å²) in [5.41, 5.74) is 0. The fraction of sp³-hybridized carbons (Fsp3) is 0.867. The van der Waals surface area contributed by atoms with Crippen molar-refractivity contribution < 1.29 is 9.84 Å². The first-order valence-electron chi connectivity index (χ1n) is 7.96. The first-order valence-corrected chi connectivity index (χ1v) is 7.96. The second-order valence-corrected chi connectivity index (χ2v) is 5.57. The Hall–Kier alpha value is -0.980. The van der Waals surface area contributed by atoms with Gasteiger partial charge in [0.15, 0.2) is 5.82 Å². The molecule has 2 atom stereocenters. The summed E-state index contributed by atoms with van der Waals surface area (Å²) in [6.45, 7) is 6.58. The molecule has 6 nitrogen and oxygen atoms in total. The summed E-state index contributed by atoms with van der Waals surface area (Å²) in [5.74, 6) is 1.35.